The predicted molar refractivity (Wildman–Crippen MR) is 123 cm³/mol. The summed E-state index contributed by atoms with van der Waals surface area (Å²) >= 11 is 1.24. The Labute approximate surface area is 194 Å². The molecule has 0 aliphatic heterocycles. The Morgan fingerprint density at radius 3 is 2.30 bits per heavy atom. The molecule has 174 valence electrons. The zero-order valence-electron chi connectivity index (χ0n) is 18.6. The highest BCUT2D eigenvalue weighted by molar-refractivity contribution is 8.00. The molecular weight excluding hydrogens is 449 g/mol. The van der Waals surface area contributed by atoms with Crippen LogP contribution >= 0.6 is 11.8 Å². The second kappa shape index (κ2) is 10.4. The number of hydrogen-bond acceptors (Lipinski definition) is 7. The first-order valence-electron chi connectivity index (χ1n) is 10.2. The van der Waals surface area contributed by atoms with Gasteiger partial charge in [-0.3, -0.25) is 14.9 Å². The molecule has 0 radical (unpaired) electrons. The van der Waals surface area contributed by atoms with Crippen molar-refractivity contribution in [2.24, 2.45) is 0 Å². The maximum atomic E-state index is 13.1. The van der Waals surface area contributed by atoms with Crippen LogP contribution in [-0.4, -0.2) is 30.8 Å². The summed E-state index contributed by atoms with van der Waals surface area (Å²) < 4.78 is 20.9. The number of aromatic nitrogens is 3. The van der Waals surface area contributed by atoms with Gasteiger partial charge >= 0.3 is 0 Å². The molecule has 3 rings (SSSR count). The van der Waals surface area contributed by atoms with Crippen LogP contribution in [0.15, 0.2) is 53.7 Å². The minimum absolute atomic E-state index is 0.00158. The Hall–Kier alpha value is -3.47. The lowest BCUT2D eigenvalue weighted by Gasteiger charge is -2.19. The highest BCUT2D eigenvalue weighted by Gasteiger charge is 2.25. The molecule has 33 heavy (non-hydrogen) atoms. The minimum atomic E-state index is -0.511. The number of thioether (sulfide) groups is 1. The summed E-state index contributed by atoms with van der Waals surface area (Å²) in [6.07, 6.45) is -0.455. The summed E-state index contributed by atoms with van der Waals surface area (Å²) in [6.45, 7) is 7.51. The summed E-state index contributed by atoms with van der Waals surface area (Å²) in [7, 11) is 0. The maximum absolute atomic E-state index is 13.1. The van der Waals surface area contributed by atoms with E-state index in [1.165, 1.54) is 48.2 Å². The molecule has 0 saturated heterocycles. The van der Waals surface area contributed by atoms with Crippen molar-refractivity contribution in [3.05, 3.63) is 70.3 Å². The molecule has 1 N–H and O–H groups in total. The number of nitrogens with zero attached hydrogens (tertiary/aromatic N) is 4. The van der Waals surface area contributed by atoms with Crippen molar-refractivity contribution < 1.29 is 18.8 Å². The van der Waals surface area contributed by atoms with Gasteiger partial charge in [0, 0.05) is 23.9 Å². The third-order valence-electron chi connectivity index (χ3n) is 4.69. The van der Waals surface area contributed by atoms with Gasteiger partial charge < -0.3 is 14.6 Å². The van der Waals surface area contributed by atoms with Crippen molar-refractivity contribution in [2.75, 3.05) is 5.32 Å². The van der Waals surface area contributed by atoms with E-state index in [0.717, 1.165) is 0 Å². The number of nitrogens with one attached hydrogen (secondary N) is 1. The zero-order chi connectivity index (χ0) is 24.1. The molecule has 0 fully saturated rings. The van der Waals surface area contributed by atoms with Crippen LogP contribution in [0.1, 0.15) is 45.7 Å². The fourth-order valence-electron chi connectivity index (χ4n) is 3.02. The van der Waals surface area contributed by atoms with Crippen molar-refractivity contribution in [3.63, 3.8) is 0 Å². The zero-order valence-corrected chi connectivity index (χ0v) is 19.4. The molecule has 3 aromatic rings. The number of carbonyl (C=O) groups is 1. The number of non-ortho nitro benzene ring substituents is 1. The average molecular weight is 474 g/mol. The van der Waals surface area contributed by atoms with Gasteiger partial charge in [0.25, 0.3) is 5.69 Å². The van der Waals surface area contributed by atoms with Gasteiger partial charge in [-0.05, 0) is 64.1 Å². The van der Waals surface area contributed by atoms with Gasteiger partial charge in [0.2, 0.25) is 5.91 Å². The number of ether oxygens (including phenoxy) is 1. The van der Waals surface area contributed by atoms with Gasteiger partial charge in [0.15, 0.2) is 17.1 Å². The first-order valence-corrected chi connectivity index (χ1v) is 11.1. The smallest absolute Gasteiger partial charge is 0.269 e. The average Bonchev–Trinajstić information content (AvgIpc) is 3.19. The van der Waals surface area contributed by atoms with Gasteiger partial charge in [-0.1, -0.05) is 11.8 Å². The summed E-state index contributed by atoms with van der Waals surface area (Å²) in [5, 5.41) is 22.1. The monoisotopic (exact) mass is 473 g/mol. The van der Waals surface area contributed by atoms with Gasteiger partial charge in [-0.2, -0.15) is 0 Å². The fraction of sp³-hybridized carbons (Fsp3) is 0.318. The molecule has 9 nitrogen and oxygen atoms in total. The standard InChI is InChI=1S/C22H24FN5O4S/c1-13(2)27-20(14(3)32-19-11-5-16(23)6-12-19)25-26-22(27)33-15(4)21(29)24-17-7-9-18(10-8-17)28(30)31/h5-15H,1-4H3,(H,24,29). The van der Waals surface area contributed by atoms with Crippen molar-refractivity contribution in [1.29, 1.82) is 0 Å². The van der Waals surface area contributed by atoms with Crippen LogP contribution < -0.4 is 10.1 Å². The lowest BCUT2D eigenvalue weighted by atomic mass is 10.3. The Kier molecular flexibility index (Phi) is 7.64. The number of benzene rings is 2. The van der Waals surface area contributed by atoms with E-state index in [9.17, 15) is 19.3 Å². The SMILES string of the molecule is CC(Sc1nnc(C(C)Oc2ccc(F)cc2)n1C(C)C)C(=O)Nc1ccc([N+](=O)[O-])cc1. The van der Waals surface area contributed by atoms with Gasteiger partial charge in [0.05, 0.1) is 10.2 Å². The van der Waals surface area contributed by atoms with E-state index in [2.05, 4.69) is 15.5 Å². The Balaban J connectivity index is 1.70. The second-order valence-electron chi connectivity index (χ2n) is 7.57. The lowest BCUT2D eigenvalue weighted by Crippen LogP contribution is -2.23. The molecule has 0 spiro atoms. The molecule has 2 aromatic carbocycles. The van der Waals surface area contributed by atoms with Gasteiger partial charge in [-0.15, -0.1) is 10.2 Å². The summed E-state index contributed by atoms with van der Waals surface area (Å²) in [5.74, 6) is 0.469. The van der Waals surface area contributed by atoms with Crippen molar-refractivity contribution in [3.8, 4) is 5.75 Å². The van der Waals surface area contributed by atoms with Crippen LogP contribution in [0.25, 0.3) is 0 Å². The van der Waals surface area contributed by atoms with E-state index in [4.69, 9.17) is 4.74 Å². The van der Waals surface area contributed by atoms with Crippen LogP contribution in [0.3, 0.4) is 0 Å². The third kappa shape index (κ3) is 6.07. The third-order valence-corrected chi connectivity index (χ3v) is 5.75. The van der Waals surface area contributed by atoms with Crippen LogP contribution in [0.4, 0.5) is 15.8 Å². The number of anilines is 1. The molecule has 2 atom stereocenters. The number of rotatable bonds is 9. The number of halogens is 1. The van der Waals surface area contributed by atoms with Gasteiger partial charge in [-0.25, -0.2) is 4.39 Å². The number of hydrogen-bond donors (Lipinski definition) is 1. The first kappa shape index (κ1) is 24.2. The summed E-state index contributed by atoms with van der Waals surface area (Å²) in [4.78, 5) is 22.9. The lowest BCUT2D eigenvalue weighted by molar-refractivity contribution is -0.384. The molecule has 0 bridgehead atoms. The topological polar surface area (TPSA) is 112 Å². The molecular formula is C22H24FN5O4S. The Bertz CT molecular complexity index is 1120. The number of nitro groups is 1. The van der Waals surface area contributed by atoms with Crippen molar-refractivity contribution in [1.82, 2.24) is 14.8 Å². The highest BCUT2D eigenvalue weighted by atomic mass is 32.2. The predicted octanol–water partition coefficient (Wildman–Crippen LogP) is 5.17. The highest BCUT2D eigenvalue weighted by Crippen LogP contribution is 2.30. The number of nitro benzene ring substituents is 1. The molecule has 0 aliphatic rings. The Morgan fingerprint density at radius 1 is 1.09 bits per heavy atom. The van der Waals surface area contributed by atoms with E-state index in [1.807, 2.05) is 25.3 Å². The number of carbonyl (C=O) groups excluding carboxylic acids is 1. The Morgan fingerprint density at radius 2 is 1.73 bits per heavy atom. The minimum Gasteiger partial charge on any atom is -0.483 e. The van der Waals surface area contributed by atoms with E-state index >= 15 is 0 Å². The molecule has 0 saturated carbocycles. The van der Waals surface area contributed by atoms with E-state index in [-0.39, 0.29) is 23.5 Å². The quantitative estimate of drug-likeness (QED) is 0.259. The molecule has 0 aliphatic carbocycles. The largest absolute Gasteiger partial charge is 0.483 e. The van der Waals surface area contributed by atoms with Crippen LogP contribution in [-0.2, 0) is 4.79 Å². The van der Waals surface area contributed by atoms with Crippen LogP contribution in [0.2, 0.25) is 0 Å². The molecule has 2 unspecified atom stereocenters. The summed E-state index contributed by atoms with van der Waals surface area (Å²) in [6, 6.07) is 11.4. The molecule has 1 aromatic heterocycles. The number of amides is 1. The fourth-order valence-corrected chi connectivity index (χ4v) is 4.01. The van der Waals surface area contributed by atoms with Crippen molar-refractivity contribution in [2.45, 2.75) is 50.2 Å². The van der Waals surface area contributed by atoms with Crippen molar-refractivity contribution >= 4 is 29.0 Å². The molecule has 11 heteroatoms. The second-order valence-corrected chi connectivity index (χ2v) is 8.88. The molecule has 1 amide bonds. The van der Waals surface area contributed by atoms with E-state index < -0.39 is 16.3 Å². The van der Waals surface area contributed by atoms with Crippen LogP contribution in [0, 0.1) is 15.9 Å². The summed E-state index contributed by atoms with van der Waals surface area (Å²) in [5.41, 5.74) is 0.412. The van der Waals surface area contributed by atoms with E-state index in [0.29, 0.717) is 22.4 Å². The van der Waals surface area contributed by atoms with E-state index in [1.54, 1.807) is 19.1 Å². The molecule has 1 heterocycles. The first-order chi connectivity index (χ1) is 15.7. The van der Waals surface area contributed by atoms with Crippen LogP contribution in [0.5, 0.6) is 5.75 Å². The normalized spacial score (nSPS) is 12.9. The maximum Gasteiger partial charge on any atom is 0.269 e. The van der Waals surface area contributed by atoms with Gasteiger partial charge in [0.1, 0.15) is 11.6 Å².